The van der Waals surface area contributed by atoms with Gasteiger partial charge in [0.1, 0.15) is 0 Å². The van der Waals surface area contributed by atoms with E-state index in [0.717, 1.165) is 38.9 Å². The second-order valence-corrected chi connectivity index (χ2v) is 6.40. The van der Waals surface area contributed by atoms with E-state index in [0.29, 0.717) is 32.2 Å². The molecular weight excluding hydrogens is 310 g/mol. The normalized spacial score (nSPS) is 21.5. The van der Waals surface area contributed by atoms with E-state index < -0.39 is 0 Å². The predicted molar refractivity (Wildman–Crippen MR) is 87.5 cm³/mol. The van der Waals surface area contributed by atoms with Crippen LogP contribution in [0.15, 0.2) is 18.7 Å². The molecule has 1 aromatic rings. The summed E-state index contributed by atoms with van der Waals surface area (Å²) in [6.45, 7) is 4.59. The lowest BCUT2D eigenvalue weighted by Gasteiger charge is -2.33. The van der Waals surface area contributed by atoms with Gasteiger partial charge in [0.05, 0.1) is 12.9 Å². The molecule has 0 aromatic carbocycles. The number of carbonyl (C=O) groups is 2. The van der Waals surface area contributed by atoms with Crippen molar-refractivity contribution in [1.29, 1.82) is 0 Å². The van der Waals surface area contributed by atoms with Gasteiger partial charge in [-0.2, -0.15) is 0 Å². The smallest absolute Gasteiger partial charge is 0.409 e. The van der Waals surface area contributed by atoms with Gasteiger partial charge in [-0.05, 0) is 25.2 Å². The van der Waals surface area contributed by atoms with Gasteiger partial charge in [-0.25, -0.2) is 14.6 Å². The SMILES string of the molecule is O=C(NCCN1CCCOC1=O)N1CCC[C@@H](Cn2ccnc2)C1. The third kappa shape index (κ3) is 4.39. The zero-order valence-corrected chi connectivity index (χ0v) is 13.9. The van der Waals surface area contributed by atoms with E-state index in [-0.39, 0.29) is 12.1 Å². The number of hydrogen-bond donors (Lipinski definition) is 1. The summed E-state index contributed by atoms with van der Waals surface area (Å²) in [4.78, 5) is 31.4. The summed E-state index contributed by atoms with van der Waals surface area (Å²) < 4.78 is 7.05. The fraction of sp³-hybridized carbons (Fsp3) is 0.688. The molecule has 3 amide bonds. The van der Waals surface area contributed by atoms with Crippen LogP contribution in [0.1, 0.15) is 19.3 Å². The Morgan fingerprint density at radius 2 is 2.29 bits per heavy atom. The molecule has 0 aliphatic carbocycles. The summed E-state index contributed by atoms with van der Waals surface area (Å²) in [5, 5.41) is 2.92. The second kappa shape index (κ2) is 8.03. The molecule has 1 aromatic heterocycles. The van der Waals surface area contributed by atoms with Gasteiger partial charge in [0.25, 0.3) is 0 Å². The number of carbonyl (C=O) groups excluding carboxylic acids is 2. The minimum atomic E-state index is -0.283. The molecule has 2 fully saturated rings. The van der Waals surface area contributed by atoms with Crippen molar-refractivity contribution in [3.8, 4) is 0 Å². The van der Waals surface area contributed by atoms with Crippen LogP contribution >= 0.6 is 0 Å². The maximum Gasteiger partial charge on any atom is 0.409 e. The Bertz CT molecular complexity index is 548. The van der Waals surface area contributed by atoms with Crippen molar-refractivity contribution in [2.24, 2.45) is 5.92 Å². The molecule has 132 valence electrons. The van der Waals surface area contributed by atoms with Gasteiger partial charge in [0, 0.05) is 51.7 Å². The van der Waals surface area contributed by atoms with Gasteiger partial charge in [-0.1, -0.05) is 0 Å². The lowest BCUT2D eigenvalue weighted by atomic mass is 9.98. The lowest BCUT2D eigenvalue weighted by Crippen LogP contribution is -2.48. The van der Waals surface area contributed by atoms with Crippen molar-refractivity contribution < 1.29 is 14.3 Å². The Hall–Kier alpha value is -2.25. The van der Waals surface area contributed by atoms with E-state index in [4.69, 9.17) is 4.74 Å². The topological polar surface area (TPSA) is 79.7 Å². The van der Waals surface area contributed by atoms with Gasteiger partial charge in [0.15, 0.2) is 0 Å². The van der Waals surface area contributed by atoms with Gasteiger partial charge in [0.2, 0.25) is 0 Å². The standard InChI is InChI=1S/C16H25N5O3/c22-15(18-5-9-20-7-2-10-24-16(20)23)21-6-1-3-14(12-21)11-19-8-4-17-13-19/h4,8,13-14H,1-3,5-7,9-12H2,(H,18,22)/t14-/m0/s1. The highest BCUT2D eigenvalue weighted by Gasteiger charge is 2.24. The average molecular weight is 335 g/mol. The molecule has 0 bridgehead atoms. The third-order valence-electron chi connectivity index (χ3n) is 4.55. The Morgan fingerprint density at radius 1 is 1.38 bits per heavy atom. The molecular formula is C16H25N5O3. The van der Waals surface area contributed by atoms with E-state index in [9.17, 15) is 9.59 Å². The zero-order valence-electron chi connectivity index (χ0n) is 13.9. The number of cyclic esters (lactones) is 1. The molecule has 0 radical (unpaired) electrons. The number of piperidine rings is 1. The number of hydrogen-bond acceptors (Lipinski definition) is 4. The van der Waals surface area contributed by atoms with Crippen molar-refractivity contribution in [2.45, 2.75) is 25.8 Å². The maximum atomic E-state index is 12.3. The number of nitrogens with one attached hydrogen (secondary N) is 1. The van der Waals surface area contributed by atoms with Crippen LogP contribution in [0.3, 0.4) is 0 Å². The van der Waals surface area contributed by atoms with Gasteiger partial charge < -0.3 is 24.4 Å². The van der Waals surface area contributed by atoms with Crippen molar-refractivity contribution in [1.82, 2.24) is 24.7 Å². The van der Waals surface area contributed by atoms with Crippen LogP contribution in [0.25, 0.3) is 0 Å². The number of amides is 3. The van der Waals surface area contributed by atoms with Crippen molar-refractivity contribution in [2.75, 3.05) is 39.3 Å². The first-order valence-electron chi connectivity index (χ1n) is 8.62. The van der Waals surface area contributed by atoms with E-state index in [1.807, 2.05) is 17.4 Å². The summed E-state index contributed by atoms with van der Waals surface area (Å²) in [6.07, 6.45) is 8.26. The van der Waals surface area contributed by atoms with Crippen LogP contribution in [0.5, 0.6) is 0 Å². The number of nitrogens with zero attached hydrogens (tertiary/aromatic N) is 4. The van der Waals surface area contributed by atoms with E-state index in [1.165, 1.54) is 0 Å². The molecule has 2 saturated heterocycles. The minimum Gasteiger partial charge on any atom is -0.449 e. The monoisotopic (exact) mass is 335 g/mol. The highest BCUT2D eigenvalue weighted by atomic mass is 16.6. The fourth-order valence-corrected chi connectivity index (χ4v) is 3.30. The third-order valence-corrected chi connectivity index (χ3v) is 4.55. The Morgan fingerprint density at radius 3 is 3.08 bits per heavy atom. The summed E-state index contributed by atoms with van der Waals surface area (Å²) in [6, 6.07) is -0.0456. The van der Waals surface area contributed by atoms with Crippen LogP contribution in [0, 0.1) is 5.92 Å². The molecule has 0 spiro atoms. The number of rotatable bonds is 5. The van der Waals surface area contributed by atoms with Crippen molar-refractivity contribution in [3.63, 3.8) is 0 Å². The van der Waals surface area contributed by atoms with E-state index >= 15 is 0 Å². The summed E-state index contributed by atoms with van der Waals surface area (Å²) in [5.41, 5.74) is 0. The molecule has 0 saturated carbocycles. The molecule has 8 heteroatoms. The van der Waals surface area contributed by atoms with Crippen LogP contribution in [-0.2, 0) is 11.3 Å². The van der Waals surface area contributed by atoms with Crippen LogP contribution in [0.2, 0.25) is 0 Å². The average Bonchev–Trinajstić information content (AvgIpc) is 3.10. The van der Waals surface area contributed by atoms with Crippen molar-refractivity contribution >= 4 is 12.1 Å². The molecule has 0 unspecified atom stereocenters. The molecule has 2 aliphatic rings. The lowest BCUT2D eigenvalue weighted by molar-refractivity contribution is 0.0731. The molecule has 2 aliphatic heterocycles. The first-order chi connectivity index (χ1) is 11.7. The highest BCUT2D eigenvalue weighted by Crippen LogP contribution is 2.18. The fourth-order valence-electron chi connectivity index (χ4n) is 3.30. The summed E-state index contributed by atoms with van der Waals surface area (Å²) in [7, 11) is 0. The molecule has 8 nitrogen and oxygen atoms in total. The molecule has 3 rings (SSSR count). The molecule has 24 heavy (non-hydrogen) atoms. The number of urea groups is 1. The van der Waals surface area contributed by atoms with Gasteiger partial charge in [-0.15, -0.1) is 0 Å². The van der Waals surface area contributed by atoms with Crippen LogP contribution < -0.4 is 5.32 Å². The quantitative estimate of drug-likeness (QED) is 0.875. The van der Waals surface area contributed by atoms with E-state index in [2.05, 4.69) is 14.9 Å². The Kier molecular flexibility index (Phi) is 5.55. The zero-order chi connectivity index (χ0) is 16.8. The number of aromatic nitrogens is 2. The first-order valence-corrected chi connectivity index (χ1v) is 8.62. The molecule has 1 atom stereocenters. The summed E-state index contributed by atoms with van der Waals surface area (Å²) >= 11 is 0. The Labute approximate surface area is 141 Å². The van der Waals surface area contributed by atoms with Crippen LogP contribution in [0.4, 0.5) is 9.59 Å². The van der Waals surface area contributed by atoms with Crippen molar-refractivity contribution in [3.05, 3.63) is 18.7 Å². The maximum absolute atomic E-state index is 12.3. The van der Waals surface area contributed by atoms with Crippen LogP contribution in [-0.4, -0.2) is 70.8 Å². The van der Waals surface area contributed by atoms with Gasteiger partial charge in [-0.3, -0.25) is 0 Å². The molecule has 1 N–H and O–H groups in total. The Balaban J connectivity index is 1.40. The van der Waals surface area contributed by atoms with Gasteiger partial charge >= 0.3 is 12.1 Å². The predicted octanol–water partition coefficient (Wildman–Crippen LogP) is 1.15. The van der Waals surface area contributed by atoms with E-state index in [1.54, 1.807) is 11.1 Å². The number of likely N-dealkylation sites (tertiary alicyclic amines) is 1. The number of ether oxygens (including phenoxy) is 1. The first kappa shape index (κ1) is 16.6. The number of imidazole rings is 1. The second-order valence-electron chi connectivity index (χ2n) is 6.40. The highest BCUT2D eigenvalue weighted by molar-refractivity contribution is 5.74. The largest absolute Gasteiger partial charge is 0.449 e. The minimum absolute atomic E-state index is 0.0456. The molecule has 3 heterocycles. The summed E-state index contributed by atoms with van der Waals surface area (Å²) in [5.74, 6) is 0.454.